The van der Waals surface area contributed by atoms with Crippen LogP contribution in [-0.4, -0.2) is 21.2 Å². The van der Waals surface area contributed by atoms with Gasteiger partial charge >= 0.3 is 0 Å². The van der Waals surface area contributed by atoms with E-state index < -0.39 is 9.75 Å². The van der Waals surface area contributed by atoms with Crippen LogP contribution in [0.2, 0.25) is 0 Å². The summed E-state index contributed by atoms with van der Waals surface area (Å²) in [5.74, 6) is 0. The molecule has 4 heteroatoms. The molecule has 0 fully saturated rings. The van der Waals surface area contributed by atoms with Crippen LogP contribution in [0.15, 0.2) is 58.9 Å². The van der Waals surface area contributed by atoms with E-state index in [1.807, 2.05) is 24.3 Å². The molecular formula is C21H18Cl2OSi. The molecule has 0 saturated carbocycles. The van der Waals surface area contributed by atoms with E-state index in [9.17, 15) is 5.11 Å². The van der Waals surface area contributed by atoms with Crippen LogP contribution in [0, 0.1) is 0 Å². The highest BCUT2D eigenvalue weighted by atomic mass is 35.5. The molecule has 2 atom stereocenters. The summed E-state index contributed by atoms with van der Waals surface area (Å²) in [7, 11) is 0.392. The number of rotatable bonds is 4. The van der Waals surface area contributed by atoms with Crippen molar-refractivity contribution in [2.24, 2.45) is 0 Å². The Balaban J connectivity index is 1.72. The lowest BCUT2D eigenvalue weighted by Gasteiger charge is -2.29. The maximum absolute atomic E-state index is 9.59. The number of hydrogen-bond acceptors (Lipinski definition) is 1. The molecule has 4 rings (SSSR count). The molecule has 1 N–H and O–H groups in total. The molecule has 2 aliphatic carbocycles. The lowest BCUT2D eigenvalue weighted by atomic mass is 9.97. The monoisotopic (exact) mass is 384 g/mol. The van der Waals surface area contributed by atoms with Gasteiger partial charge in [-0.15, -0.1) is 23.2 Å². The van der Waals surface area contributed by atoms with Crippen molar-refractivity contribution in [2.75, 3.05) is 6.61 Å². The average molecular weight is 385 g/mol. The summed E-state index contributed by atoms with van der Waals surface area (Å²) in [6.07, 6.45) is 4.87. The van der Waals surface area contributed by atoms with Crippen LogP contribution in [0.25, 0.3) is 12.2 Å². The first-order valence-electron chi connectivity index (χ1n) is 8.36. The average Bonchev–Trinajstić information content (AvgIpc) is 3.01. The smallest absolute Gasteiger partial charge is 0.115 e. The van der Waals surface area contributed by atoms with E-state index in [1.165, 1.54) is 10.8 Å². The molecule has 0 aliphatic heterocycles. The fourth-order valence-electron chi connectivity index (χ4n) is 3.74. The molecule has 1 nitrogen and oxygen atoms in total. The van der Waals surface area contributed by atoms with Crippen LogP contribution in [0.1, 0.15) is 35.6 Å². The van der Waals surface area contributed by atoms with Crippen molar-refractivity contribution in [3.8, 4) is 0 Å². The molecule has 0 saturated heterocycles. The first-order valence-corrected chi connectivity index (χ1v) is 10.1. The van der Waals surface area contributed by atoms with Gasteiger partial charge in [-0.1, -0.05) is 71.1 Å². The number of halogens is 2. The van der Waals surface area contributed by atoms with E-state index in [4.69, 9.17) is 23.2 Å². The zero-order valence-corrected chi connectivity index (χ0v) is 16.4. The van der Waals surface area contributed by atoms with E-state index in [1.54, 1.807) is 0 Å². The second kappa shape index (κ2) is 6.13. The topological polar surface area (TPSA) is 20.2 Å². The predicted molar refractivity (Wildman–Crippen MR) is 107 cm³/mol. The van der Waals surface area contributed by atoms with Crippen LogP contribution >= 0.6 is 23.2 Å². The first kappa shape index (κ1) is 17.1. The lowest BCUT2D eigenvalue weighted by molar-refractivity contribution is 0.276. The van der Waals surface area contributed by atoms with Gasteiger partial charge in [0.15, 0.2) is 0 Å². The van der Waals surface area contributed by atoms with Crippen LogP contribution in [0.3, 0.4) is 0 Å². The Morgan fingerprint density at radius 2 is 1.44 bits per heavy atom. The molecule has 25 heavy (non-hydrogen) atoms. The van der Waals surface area contributed by atoms with Gasteiger partial charge in [0.05, 0.1) is 9.75 Å². The Labute approximate surface area is 160 Å². The van der Waals surface area contributed by atoms with Gasteiger partial charge in [0.2, 0.25) is 0 Å². The molecule has 0 spiro atoms. The number of alkyl halides is 2. The normalized spacial score (nSPS) is 26.9. The Kier molecular flexibility index (Phi) is 4.20. The third-order valence-corrected chi connectivity index (χ3v) is 8.19. The van der Waals surface area contributed by atoms with E-state index in [0.29, 0.717) is 15.9 Å². The van der Waals surface area contributed by atoms with Gasteiger partial charge in [-0.2, -0.15) is 0 Å². The van der Waals surface area contributed by atoms with E-state index in [0.717, 1.165) is 21.9 Å². The standard InChI is InChI=1S/C21H18Cl2OSi/c1-20(22)16-8-4-2-6-14(16)12-18(20)25-19-13-15-7-3-5-9-17(15)21(19,23)10-11-24/h2-9,12-13,24H,10-11H2,1H3. The van der Waals surface area contributed by atoms with Gasteiger partial charge in [0.1, 0.15) is 9.52 Å². The summed E-state index contributed by atoms with van der Waals surface area (Å²) in [5, 5.41) is 11.9. The van der Waals surface area contributed by atoms with E-state index >= 15 is 0 Å². The number of fused-ring (bicyclic) bond motifs is 2. The molecule has 0 bridgehead atoms. The molecule has 0 aromatic heterocycles. The quantitative estimate of drug-likeness (QED) is 0.576. The summed E-state index contributed by atoms with van der Waals surface area (Å²) >= 11 is 14.0. The summed E-state index contributed by atoms with van der Waals surface area (Å²) < 4.78 is 0. The third-order valence-electron chi connectivity index (χ3n) is 5.11. The molecule has 2 aromatic rings. The molecule has 126 valence electrons. The number of benzene rings is 2. The second-order valence-corrected chi connectivity index (χ2v) is 9.42. The molecule has 2 unspecified atom stereocenters. The van der Waals surface area contributed by atoms with Gasteiger partial charge < -0.3 is 5.11 Å². The van der Waals surface area contributed by atoms with Crippen molar-refractivity contribution in [3.05, 3.63) is 81.2 Å². The van der Waals surface area contributed by atoms with Crippen LogP contribution in [0.5, 0.6) is 0 Å². The summed E-state index contributed by atoms with van der Waals surface area (Å²) in [4.78, 5) is -1.16. The van der Waals surface area contributed by atoms with Gasteiger partial charge in [0, 0.05) is 6.61 Å². The summed E-state index contributed by atoms with van der Waals surface area (Å²) in [5.41, 5.74) is 4.56. The lowest BCUT2D eigenvalue weighted by Crippen LogP contribution is -2.28. The maximum atomic E-state index is 9.59. The van der Waals surface area contributed by atoms with Crippen LogP contribution in [0.4, 0.5) is 0 Å². The zero-order valence-electron chi connectivity index (χ0n) is 13.9. The van der Waals surface area contributed by atoms with Gasteiger partial charge in [-0.3, -0.25) is 0 Å². The Hall–Kier alpha value is -1.32. The number of aliphatic hydroxyl groups is 1. The van der Waals surface area contributed by atoms with Gasteiger partial charge in [-0.05, 0) is 35.6 Å². The summed E-state index contributed by atoms with van der Waals surface area (Å²) in [6.45, 7) is 2.11. The van der Waals surface area contributed by atoms with Crippen molar-refractivity contribution in [1.29, 1.82) is 0 Å². The number of aliphatic hydroxyl groups excluding tert-OH is 1. The molecule has 0 amide bonds. The van der Waals surface area contributed by atoms with Crippen LogP contribution in [-0.2, 0) is 9.75 Å². The minimum Gasteiger partial charge on any atom is -0.396 e. The highest BCUT2D eigenvalue weighted by molar-refractivity contribution is 6.62. The van der Waals surface area contributed by atoms with E-state index in [2.05, 4.69) is 43.3 Å². The Morgan fingerprint density at radius 1 is 0.880 bits per heavy atom. The summed E-state index contributed by atoms with van der Waals surface area (Å²) in [6, 6.07) is 16.4. The molecule has 2 aliphatic rings. The van der Waals surface area contributed by atoms with Crippen LogP contribution < -0.4 is 0 Å². The van der Waals surface area contributed by atoms with Gasteiger partial charge in [0.25, 0.3) is 0 Å². The highest BCUT2D eigenvalue weighted by Crippen LogP contribution is 2.51. The Morgan fingerprint density at radius 3 is 2.08 bits per heavy atom. The molecule has 0 heterocycles. The SMILES string of the molecule is CC1(Cl)C([Si]C2=Cc3ccccc3C2(Cl)CCO)=Cc2ccccc21. The number of allylic oxidation sites excluding steroid dienone is 2. The fourth-order valence-corrected chi connectivity index (χ4v) is 6.14. The third kappa shape index (κ3) is 2.63. The fraction of sp³-hybridized carbons (Fsp3) is 0.238. The highest BCUT2D eigenvalue weighted by Gasteiger charge is 2.43. The van der Waals surface area contributed by atoms with Crippen molar-refractivity contribution in [3.63, 3.8) is 0 Å². The second-order valence-electron chi connectivity index (χ2n) is 6.69. The van der Waals surface area contributed by atoms with E-state index in [-0.39, 0.29) is 6.61 Å². The number of hydrogen-bond donors (Lipinski definition) is 1. The van der Waals surface area contributed by atoms with Crippen molar-refractivity contribution in [1.82, 2.24) is 0 Å². The molecular weight excluding hydrogens is 367 g/mol. The minimum absolute atomic E-state index is 0.0526. The molecule has 2 radical (unpaired) electrons. The van der Waals surface area contributed by atoms with Crippen molar-refractivity contribution in [2.45, 2.75) is 23.1 Å². The first-order chi connectivity index (χ1) is 12.0. The minimum atomic E-state index is -0.646. The molecule has 2 aromatic carbocycles. The van der Waals surface area contributed by atoms with Crippen molar-refractivity contribution >= 4 is 44.9 Å². The largest absolute Gasteiger partial charge is 0.396 e. The maximum Gasteiger partial charge on any atom is 0.115 e. The zero-order chi connectivity index (χ0) is 17.7. The van der Waals surface area contributed by atoms with Gasteiger partial charge in [-0.25, -0.2) is 0 Å². The van der Waals surface area contributed by atoms with Crippen molar-refractivity contribution < 1.29 is 5.11 Å². The predicted octanol–water partition coefficient (Wildman–Crippen LogP) is 5.07. The Bertz CT molecular complexity index is 900.